The Morgan fingerprint density at radius 3 is 1.05 bits per heavy atom. The van der Waals surface area contributed by atoms with E-state index in [1.54, 1.807) is 0 Å². The second-order valence-corrected chi connectivity index (χ2v) is 5.48. The monoisotopic (exact) mass is 290 g/mol. The molecule has 0 spiro atoms. The van der Waals surface area contributed by atoms with Crippen molar-refractivity contribution in [3.8, 4) is 0 Å². The van der Waals surface area contributed by atoms with Crippen LogP contribution in [-0.2, 0) is 19.1 Å². The van der Waals surface area contributed by atoms with E-state index in [9.17, 15) is 9.59 Å². The summed E-state index contributed by atoms with van der Waals surface area (Å²) in [5.41, 5.74) is -0.795. The fraction of sp³-hybridized carbons (Fsp3) is 0.571. The number of esters is 2. The summed E-state index contributed by atoms with van der Waals surface area (Å²) in [6.07, 6.45) is 2.32. The summed E-state index contributed by atoms with van der Waals surface area (Å²) in [6.45, 7) is 17.4. The fourth-order valence-corrected chi connectivity index (χ4v) is 0.687. The quantitative estimate of drug-likeness (QED) is 0.351. The molecule has 0 rings (SSSR count). The SMILES string of the molecule is C=CC(=O)OC(C)(C)C.C=CC(=O)OC(C)(C)C.OO. The van der Waals surface area contributed by atoms with E-state index in [4.69, 9.17) is 20.0 Å². The van der Waals surface area contributed by atoms with E-state index in [0.29, 0.717) is 0 Å². The lowest BCUT2D eigenvalue weighted by Gasteiger charge is -2.17. The van der Waals surface area contributed by atoms with Gasteiger partial charge < -0.3 is 9.47 Å². The molecule has 6 nitrogen and oxygen atoms in total. The van der Waals surface area contributed by atoms with Gasteiger partial charge in [-0.05, 0) is 41.5 Å². The van der Waals surface area contributed by atoms with Gasteiger partial charge in [-0.3, -0.25) is 10.5 Å². The summed E-state index contributed by atoms with van der Waals surface area (Å²) in [4.78, 5) is 21.0. The molecule has 2 N–H and O–H groups in total. The van der Waals surface area contributed by atoms with Crippen LogP contribution in [0.2, 0.25) is 0 Å². The third kappa shape index (κ3) is 25.3. The van der Waals surface area contributed by atoms with Crippen LogP contribution in [0.4, 0.5) is 0 Å². The average molecular weight is 290 g/mol. The van der Waals surface area contributed by atoms with E-state index < -0.39 is 11.2 Å². The molecule has 0 aromatic heterocycles. The highest BCUT2D eigenvalue weighted by Crippen LogP contribution is 2.06. The van der Waals surface area contributed by atoms with E-state index in [1.807, 2.05) is 41.5 Å². The molecule has 0 radical (unpaired) electrons. The zero-order valence-electron chi connectivity index (χ0n) is 13.1. The maximum absolute atomic E-state index is 10.5. The highest BCUT2D eigenvalue weighted by molar-refractivity contribution is 5.81. The second kappa shape index (κ2) is 11.2. The smallest absolute Gasteiger partial charge is 0.330 e. The lowest BCUT2D eigenvalue weighted by atomic mass is 10.2. The van der Waals surface area contributed by atoms with E-state index in [2.05, 4.69) is 13.2 Å². The Labute approximate surface area is 120 Å². The van der Waals surface area contributed by atoms with Crippen molar-refractivity contribution in [2.45, 2.75) is 52.7 Å². The van der Waals surface area contributed by atoms with Gasteiger partial charge in [0.05, 0.1) is 0 Å². The zero-order valence-corrected chi connectivity index (χ0v) is 13.1. The number of rotatable bonds is 2. The summed E-state index contributed by atoms with van der Waals surface area (Å²) >= 11 is 0. The molecule has 0 saturated carbocycles. The first-order valence-electron chi connectivity index (χ1n) is 5.82. The summed E-state index contributed by atoms with van der Waals surface area (Å²) in [6, 6.07) is 0. The maximum Gasteiger partial charge on any atom is 0.330 e. The van der Waals surface area contributed by atoms with Crippen molar-refractivity contribution in [2.75, 3.05) is 0 Å². The van der Waals surface area contributed by atoms with Gasteiger partial charge in [-0.1, -0.05) is 13.2 Å². The topological polar surface area (TPSA) is 93.1 Å². The Morgan fingerprint density at radius 2 is 1.00 bits per heavy atom. The minimum Gasteiger partial charge on any atom is -0.457 e. The summed E-state index contributed by atoms with van der Waals surface area (Å²) in [7, 11) is 0. The molecule has 0 aliphatic heterocycles. The van der Waals surface area contributed by atoms with Crippen LogP contribution < -0.4 is 0 Å². The molecule has 0 atom stereocenters. The van der Waals surface area contributed by atoms with E-state index in [-0.39, 0.29) is 11.9 Å². The maximum atomic E-state index is 10.5. The molecule has 0 aliphatic rings. The molecule has 118 valence electrons. The van der Waals surface area contributed by atoms with Gasteiger partial charge in [0.25, 0.3) is 0 Å². The van der Waals surface area contributed by atoms with Gasteiger partial charge >= 0.3 is 11.9 Å². The van der Waals surface area contributed by atoms with Crippen molar-refractivity contribution < 1.29 is 29.6 Å². The fourth-order valence-electron chi connectivity index (χ4n) is 0.687. The minimum atomic E-state index is -0.398. The predicted octanol–water partition coefficient (Wildman–Crippen LogP) is 3.05. The van der Waals surface area contributed by atoms with Crippen LogP contribution in [0.15, 0.2) is 25.3 Å². The predicted molar refractivity (Wildman–Crippen MR) is 77.3 cm³/mol. The molecule has 0 fully saturated rings. The first-order chi connectivity index (χ1) is 8.91. The lowest BCUT2D eigenvalue weighted by Crippen LogP contribution is -2.22. The van der Waals surface area contributed by atoms with Crippen molar-refractivity contribution >= 4 is 11.9 Å². The first kappa shape index (κ1) is 23.4. The summed E-state index contributed by atoms with van der Waals surface area (Å²) in [5, 5.41) is 12.0. The van der Waals surface area contributed by atoms with Gasteiger partial charge in [-0.2, -0.15) is 0 Å². The summed E-state index contributed by atoms with van der Waals surface area (Å²) in [5.74, 6) is -0.745. The number of carbonyl (C=O) groups excluding carboxylic acids is 2. The van der Waals surface area contributed by atoms with Crippen molar-refractivity contribution in [2.24, 2.45) is 0 Å². The Morgan fingerprint density at radius 1 is 0.800 bits per heavy atom. The molecular formula is C14H26O6. The van der Waals surface area contributed by atoms with Crippen LogP contribution in [0, 0.1) is 0 Å². The van der Waals surface area contributed by atoms with Crippen LogP contribution in [0.3, 0.4) is 0 Å². The molecule has 20 heavy (non-hydrogen) atoms. The minimum absolute atomic E-state index is 0.373. The number of hydrogen-bond donors (Lipinski definition) is 2. The van der Waals surface area contributed by atoms with E-state index in [0.717, 1.165) is 12.2 Å². The molecular weight excluding hydrogens is 264 g/mol. The second-order valence-electron chi connectivity index (χ2n) is 5.48. The van der Waals surface area contributed by atoms with Crippen LogP contribution in [-0.4, -0.2) is 33.7 Å². The number of carbonyl (C=O) groups is 2. The number of ether oxygens (including phenoxy) is 2. The van der Waals surface area contributed by atoms with Crippen LogP contribution >= 0.6 is 0 Å². The van der Waals surface area contributed by atoms with Crippen LogP contribution in [0.25, 0.3) is 0 Å². The Bertz CT molecular complexity index is 275. The zero-order chi connectivity index (χ0) is 17.0. The van der Waals surface area contributed by atoms with Crippen LogP contribution in [0.5, 0.6) is 0 Å². The van der Waals surface area contributed by atoms with Crippen molar-refractivity contribution in [1.82, 2.24) is 0 Å². The van der Waals surface area contributed by atoms with Gasteiger partial charge in [0.2, 0.25) is 0 Å². The molecule has 0 aromatic rings. The molecule has 0 saturated heterocycles. The lowest BCUT2D eigenvalue weighted by molar-refractivity contribution is -0.176. The highest BCUT2D eigenvalue weighted by Gasteiger charge is 2.13. The molecule has 0 aromatic carbocycles. The standard InChI is InChI=1S/2C7H12O2.H2O2/c2*1-5-6(8)9-7(2,3)4;1-2/h2*5H,1H2,2-4H3;1-2H. The Kier molecular flexibility index (Phi) is 13.1. The Hall–Kier alpha value is -1.66. The normalized spacial score (nSPS) is 9.80. The third-order valence-corrected chi connectivity index (χ3v) is 1.15. The summed E-state index contributed by atoms with van der Waals surface area (Å²) < 4.78 is 9.66. The van der Waals surface area contributed by atoms with Gasteiger partial charge in [0, 0.05) is 12.2 Å². The highest BCUT2D eigenvalue weighted by atomic mass is 17.0. The van der Waals surface area contributed by atoms with Crippen molar-refractivity contribution in [3.05, 3.63) is 25.3 Å². The molecule has 6 heteroatoms. The van der Waals surface area contributed by atoms with E-state index in [1.165, 1.54) is 0 Å². The Balaban J connectivity index is -0.000000257. The molecule has 0 amide bonds. The van der Waals surface area contributed by atoms with Gasteiger partial charge in [0.1, 0.15) is 11.2 Å². The molecule has 0 aliphatic carbocycles. The molecule has 0 unspecified atom stereocenters. The van der Waals surface area contributed by atoms with Gasteiger partial charge in [-0.15, -0.1) is 0 Å². The number of hydrogen-bond acceptors (Lipinski definition) is 6. The van der Waals surface area contributed by atoms with Gasteiger partial charge in [-0.25, -0.2) is 9.59 Å². The van der Waals surface area contributed by atoms with Gasteiger partial charge in [0.15, 0.2) is 0 Å². The van der Waals surface area contributed by atoms with Crippen molar-refractivity contribution in [3.63, 3.8) is 0 Å². The molecule has 0 heterocycles. The largest absolute Gasteiger partial charge is 0.457 e. The van der Waals surface area contributed by atoms with Crippen LogP contribution in [0.1, 0.15) is 41.5 Å². The van der Waals surface area contributed by atoms with Crippen molar-refractivity contribution in [1.29, 1.82) is 0 Å². The molecule has 0 bridgehead atoms. The third-order valence-electron chi connectivity index (χ3n) is 1.15. The van der Waals surface area contributed by atoms with E-state index >= 15 is 0 Å². The first-order valence-corrected chi connectivity index (χ1v) is 5.82. The average Bonchev–Trinajstić information content (AvgIpc) is 2.28.